The van der Waals surface area contributed by atoms with Gasteiger partial charge in [0.1, 0.15) is 0 Å². The van der Waals surface area contributed by atoms with E-state index in [-0.39, 0.29) is 13.6 Å². The molecule has 0 spiro atoms. The molecule has 0 saturated carbocycles. The Balaban J connectivity index is 1.89. The van der Waals surface area contributed by atoms with E-state index in [0.29, 0.717) is 0 Å². The van der Waals surface area contributed by atoms with E-state index in [9.17, 15) is 15.0 Å². The number of carbonyl (C=O) groups excluding carboxylic acids is 1. The van der Waals surface area contributed by atoms with Crippen LogP contribution in [0.25, 0.3) is 0 Å². The Morgan fingerprint density at radius 3 is 1.73 bits per heavy atom. The topological polar surface area (TPSA) is 113 Å². The standard InChI is InChI=1S/C6H6O9/c7-3-14-6(9,15-3)4(10-1-11-4)5(8)12-2-13-5/h8-9H,1-2H2. The lowest BCUT2D eigenvalue weighted by molar-refractivity contribution is -0.678. The van der Waals surface area contributed by atoms with Crippen molar-refractivity contribution in [1.82, 2.24) is 0 Å². The van der Waals surface area contributed by atoms with E-state index in [1.54, 1.807) is 0 Å². The first-order valence-corrected chi connectivity index (χ1v) is 3.94. The normalized spacial score (nSPS) is 33.9. The molecule has 2 N–H and O–H groups in total. The van der Waals surface area contributed by atoms with E-state index < -0.39 is 23.9 Å². The summed E-state index contributed by atoms with van der Waals surface area (Å²) in [5.74, 6) is -7.16. The monoisotopic (exact) mass is 222 g/mol. The van der Waals surface area contributed by atoms with Gasteiger partial charge in [0.2, 0.25) is 0 Å². The number of rotatable bonds is 2. The average Bonchev–Trinajstić information content (AvgIpc) is 1.96. The predicted octanol–water partition coefficient (Wildman–Crippen LogP) is -1.85. The number of hydrogen-bond acceptors (Lipinski definition) is 9. The van der Waals surface area contributed by atoms with Crippen LogP contribution in [0.5, 0.6) is 0 Å². The third kappa shape index (κ3) is 0.856. The minimum absolute atomic E-state index is 0.213. The quantitative estimate of drug-likeness (QED) is 0.519. The lowest BCUT2D eigenvalue weighted by atomic mass is 10.1. The molecule has 15 heavy (non-hydrogen) atoms. The van der Waals surface area contributed by atoms with E-state index in [0.717, 1.165) is 0 Å². The van der Waals surface area contributed by atoms with Crippen molar-refractivity contribution in [3.05, 3.63) is 0 Å². The van der Waals surface area contributed by atoms with Gasteiger partial charge in [0.15, 0.2) is 13.6 Å². The summed E-state index contributed by atoms with van der Waals surface area (Å²) in [5.41, 5.74) is 0. The van der Waals surface area contributed by atoms with Crippen molar-refractivity contribution in [3.8, 4) is 0 Å². The molecule has 0 aromatic heterocycles. The van der Waals surface area contributed by atoms with Gasteiger partial charge in [0.25, 0.3) is 0 Å². The first-order chi connectivity index (χ1) is 7.02. The average molecular weight is 222 g/mol. The van der Waals surface area contributed by atoms with Gasteiger partial charge < -0.3 is 29.2 Å². The van der Waals surface area contributed by atoms with E-state index in [1.807, 2.05) is 0 Å². The van der Waals surface area contributed by atoms with Gasteiger partial charge in [-0.15, -0.1) is 0 Å². The van der Waals surface area contributed by atoms with Crippen LogP contribution in [0.3, 0.4) is 0 Å². The van der Waals surface area contributed by atoms with Crippen LogP contribution in [0.1, 0.15) is 0 Å². The highest BCUT2D eigenvalue weighted by Crippen LogP contribution is 2.51. The lowest BCUT2D eigenvalue weighted by Gasteiger charge is -2.57. The zero-order valence-electron chi connectivity index (χ0n) is 7.17. The summed E-state index contributed by atoms with van der Waals surface area (Å²) in [7, 11) is 0. The fraction of sp³-hybridized carbons (Fsp3) is 0.833. The van der Waals surface area contributed by atoms with Gasteiger partial charge in [0.05, 0.1) is 0 Å². The molecule has 3 aliphatic rings. The summed E-state index contributed by atoms with van der Waals surface area (Å²) in [6.45, 7) is -0.451. The fourth-order valence-electron chi connectivity index (χ4n) is 1.47. The summed E-state index contributed by atoms with van der Waals surface area (Å²) in [5, 5.41) is 19.3. The molecule has 3 rings (SSSR count). The Morgan fingerprint density at radius 2 is 1.47 bits per heavy atom. The van der Waals surface area contributed by atoms with Gasteiger partial charge in [-0.25, -0.2) is 4.79 Å². The highest BCUT2D eigenvalue weighted by Gasteiger charge is 2.83. The van der Waals surface area contributed by atoms with Crippen molar-refractivity contribution in [2.24, 2.45) is 0 Å². The molecule has 0 bridgehead atoms. The summed E-state index contributed by atoms with van der Waals surface area (Å²) in [4.78, 5) is 10.5. The second kappa shape index (κ2) is 2.40. The molecule has 84 valence electrons. The molecule has 0 atom stereocenters. The maximum Gasteiger partial charge on any atom is 0.518 e. The largest absolute Gasteiger partial charge is 0.518 e. The van der Waals surface area contributed by atoms with Crippen LogP contribution < -0.4 is 0 Å². The Kier molecular flexibility index (Phi) is 1.48. The van der Waals surface area contributed by atoms with Crippen molar-refractivity contribution in [3.63, 3.8) is 0 Å². The third-order valence-electron chi connectivity index (χ3n) is 2.31. The number of cyclic esters (lactones) is 2. The molecule has 9 nitrogen and oxygen atoms in total. The van der Waals surface area contributed by atoms with Crippen molar-refractivity contribution < 1.29 is 43.4 Å². The summed E-state index contributed by atoms with van der Waals surface area (Å²) < 4.78 is 27.4. The molecule has 0 radical (unpaired) electrons. The molecular weight excluding hydrogens is 216 g/mol. The Morgan fingerprint density at radius 1 is 0.933 bits per heavy atom. The fourth-order valence-corrected chi connectivity index (χ4v) is 1.47. The zero-order valence-corrected chi connectivity index (χ0v) is 7.17. The third-order valence-corrected chi connectivity index (χ3v) is 2.31. The highest BCUT2D eigenvalue weighted by molar-refractivity contribution is 5.65. The van der Waals surface area contributed by atoms with Crippen LogP contribution in [-0.2, 0) is 28.4 Å². The maximum absolute atomic E-state index is 10.5. The first kappa shape index (κ1) is 9.27. The molecule has 3 saturated heterocycles. The predicted molar refractivity (Wildman–Crippen MR) is 34.3 cm³/mol. The van der Waals surface area contributed by atoms with Crippen LogP contribution in [0.4, 0.5) is 4.79 Å². The minimum Gasteiger partial charge on any atom is -0.361 e. The second-order valence-electron chi connectivity index (χ2n) is 3.05. The Hall–Kier alpha value is -0.970. The molecular formula is C6H6O9. The number of aliphatic hydroxyl groups is 2. The molecule has 0 aromatic carbocycles. The smallest absolute Gasteiger partial charge is 0.361 e. The van der Waals surface area contributed by atoms with Gasteiger partial charge in [-0.05, 0) is 0 Å². The second-order valence-corrected chi connectivity index (χ2v) is 3.05. The summed E-state index contributed by atoms with van der Waals surface area (Å²) in [6, 6.07) is 0. The van der Waals surface area contributed by atoms with Gasteiger partial charge in [-0.1, -0.05) is 0 Å². The van der Waals surface area contributed by atoms with Crippen molar-refractivity contribution in [2.75, 3.05) is 13.6 Å². The van der Waals surface area contributed by atoms with E-state index in [4.69, 9.17) is 9.47 Å². The number of carbonyl (C=O) groups is 1. The maximum atomic E-state index is 10.5. The molecule has 3 aliphatic heterocycles. The Bertz CT molecular complexity index is 309. The van der Waals surface area contributed by atoms with Gasteiger partial charge >= 0.3 is 23.9 Å². The molecule has 0 aromatic rings. The summed E-state index contributed by atoms with van der Waals surface area (Å²) in [6.07, 6.45) is -1.13. The Labute approximate surface area is 82.0 Å². The zero-order chi connectivity index (χ0) is 10.7. The van der Waals surface area contributed by atoms with Crippen LogP contribution in [0, 0.1) is 0 Å². The first-order valence-electron chi connectivity index (χ1n) is 3.94. The molecule has 0 aliphatic carbocycles. The van der Waals surface area contributed by atoms with E-state index in [2.05, 4.69) is 18.9 Å². The highest BCUT2D eigenvalue weighted by atomic mass is 17.1. The lowest BCUT2D eigenvalue weighted by Crippen LogP contribution is -2.83. The van der Waals surface area contributed by atoms with Gasteiger partial charge in [-0.3, -0.25) is 9.47 Å². The number of hydrogen-bond donors (Lipinski definition) is 2. The van der Waals surface area contributed by atoms with Crippen molar-refractivity contribution >= 4 is 6.16 Å². The summed E-state index contributed by atoms with van der Waals surface area (Å²) >= 11 is 0. The molecule has 0 amide bonds. The SMILES string of the molecule is O=C1OC(O)(C2(C3(O)OCO3)OCO2)O1. The van der Waals surface area contributed by atoms with Crippen LogP contribution in [0.2, 0.25) is 0 Å². The minimum atomic E-state index is -2.57. The van der Waals surface area contributed by atoms with Crippen molar-refractivity contribution in [2.45, 2.75) is 17.7 Å². The number of ether oxygens (including phenoxy) is 6. The van der Waals surface area contributed by atoms with Gasteiger partial charge in [-0.2, -0.15) is 0 Å². The molecule has 0 unspecified atom stereocenters. The van der Waals surface area contributed by atoms with Gasteiger partial charge in [0, 0.05) is 0 Å². The molecule has 3 fully saturated rings. The van der Waals surface area contributed by atoms with E-state index >= 15 is 0 Å². The molecule has 3 heterocycles. The molecule has 9 heteroatoms. The van der Waals surface area contributed by atoms with Crippen LogP contribution >= 0.6 is 0 Å². The van der Waals surface area contributed by atoms with Crippen molar-refractivity contribution in [1.29, 1.82) is 0 Å². The van der Waals surface area contributed by atoms with Crippen LogP contribution in [-0.4, -0.2) is 47.7 Å². The van der Waals surface area contributed by atoms with Crippen LogP contribution in [0.15, 0.2) is 0 Å². The van der Waals surface area contributed by atoms with E-state index in [1.165, 1.54) is 0 Å².